The lowest BCUT2D eigenvalue weighted by Crippen LogP contribution is -2.03. The molecule has 2 aromatic rings. The Morgan fingerprint density at radius 2 is 2.29 bits per heavy atom. The maximum absolute atomic E-state index is 5.94. The van der Waals surface area contributed by atoms with Crippen LogP contribution >= 0.6 is 34.5 Å². The lowest BCUT2D eigenvalue weighted by molar-refractivity contribution is 0.564. The molecule has 0 aliphatic heterocycles. The third kappa shape index (κ3) is 3.21. The Morgan fingerprint density at radius 3 is 2.88 bits per heavy atom. The zero-order chi connectivity index (χ0) is 12.3. The second-order valence-corrected chi connectivity index (χ2v) is 5.39. The Balaban J connectivity index is 1.85. The van der Waals surface area contributed by atoms with E-state index in [4.69, 9.17) is 23.2 Å². The molecule has 0 unspecified atom stereocenters. The maximum Gasteiger partial charge on any atom is 0.0929 e. The van der Waals surface area contributed by atoms with E-state index in [1.54, 1.807) is 17.5 Å². The number of rotatable bonds is 5. The standard InChI is InChI=1S/C11H13Cl2N3S/c1-8-10(13)6-14-16(8)4-2-3-11-15-9(5-12)7-17-11/h6-7H,2-5H2,1H3. The SMILES string of the molecule is Cc1c(Cl)cnn1CCCc1nc(CCl)cs1. The smallest absolute Gasteiger partial charge is 0.0929 e. The van der Waals surface area contributed by atoms with Crippen molar-refractivity contribution in [1.29, 1.82) is 0 Å². The summed E-state index contributed by atoms with van der Waals surface area (Å²) in [5.41, 5.74) is 1.98. The van der Waals surface area contributed by atoms with E-state index in [1.165, 1.54) is 0 Å². The van der Waals surface area contributed by atoms with Gasteiger partial charge in [-0.3, -0.25) is 4.68 Å². The van der Waals surface area contributed by atoms with Crippen molar-refractivity contribution < 1.29 is 0 Å². The minimum Gasteiger partial charge on any atom is -0.268 e. The van der Waals surface area contributed by atoms with E-state index >= 15 is 0 Å². The van der Waals surface area contributed by atoms with E-state index in [0.717, 1.165) is 40.8 Å². The minimum atomic E-state index is 0.490. The van der Waals surface area contributed by atoms with Gasteiger partial charge in [0.05, 0.1) is 33.5 Å². The number of aromatic nitrogens is 3. The molecule has 6 heteroatoms. The number of nitrogens with zero attached hydrogens (tertiary/aromatic N) is 3. The highest BCUT2D eigenvalue weighted by atomic mass is 35.5. The van der Waals surface area contributed by atoms with Gasteiger partial charge in [-0.2, -0.15) is 5.10 Å². The molecule has 2 rings (SSSR count). The quantitative estimate of drug-likeness (QED) is 0.787. The Labute approximate surface area is 114 Å². The third-order valence-electron chi connectivity index (χ3n) is 2.54. The number of hydrogen-bond acceptors (Lipinski definition) is 3. The van der Waals surface area contributed by atoms with Crippen molar-refractivity contribution in [2.24, 2.45) is 0 Å². The van der Waals surface area contributed by atoms with Gasteiger partial charge in [-0.05, 0) is 13.3 Å². The molecule has 0 saturated heterocycles. The van der Waals surface area contributed by atoms with Crippen LogP contribution in [0.3, 0.4) is 0 Å². The van der Waals surface area contributed by atoms with Crippen molar-refractivity contribution in [2.45, 2.75) is 32.2 Å². The van der Waals surface area contributed by atoms with Crippen LogP contribution in [0, 0.1) is 6.92 Å². The zero-order valence-electron chi connectivity index (χ0n) is 9.49. The largest absolute Gasteiger partial charge is 0.268 e. The molecule has 2 aromatic heterocycles. The summed E-state index contributed by atoms with van der Waals surface area (Å²) in [7, 11) is 0. The highest BCUT2D eigenvalue weighted by Crippen LogP contribution is 2.16. The predicted octanol–water partition coefficient (Wildman–Crippen LogP) is 3.67. The molecule has 92 valence electrons. The van der Waals surface area contributed by atoms with Crippen LogP contribution in [0.1, 0.15) is 22.8 Å². The Morgan fingerprint density at radius 1 is 1.47 bits per heavy atom. The van der Waals surface area contributed by atoms with Crippen molar-refractivity contribution in [3.8, 4) is 0 Å². The molecule has 0 saturated carbocycles. The number of aryl methyl sites for hydroxylation is 2. The maximum atomic E-state index is 5.94. The molecule has 0 aliphatic carbocycles. The summed E-state index contributed by atoms with van der Waals surface area (Å²) in [5.74, 6) is 0.490. The normalized spacial score (nSPS) is 11.0. The first-order valence-electron chi connectivity index (χ1n) is 5.38. The second-order valence-electron chi connectivity index (χ2n) is 3.77. The molecule has 0 aliphatic rings. The van der Waals surface area contributed by atoms with Crippen LogP contribution in [0.5, 0.6) is 0 Å². The Kier molecular flexibility index (Phi) is 4.42. The summed E-state index contributed by atoms with van der Waals surface area (Å²) in [4.78, 5) is 4.42. The fourth-order valence-electron chi connectivity index (χ4n) is 1.55. The van der Waals surface area contributed by atoms with E-state index in [1.807, 2.05) is 17.0 Å². The van der Waals surface area contributed by atoms with Crippen molar-refractivity contribution in [2.75, 3.05) is 0 Å². The van der Waals surface area contributed by atoms with Gasteiger partial charge < -0.3 is 0 Å². The molecule has 0 aromatic carbocycles. The van der Waals surface area contributed by atoms with Gasteiger partial charge in [-0.25, -0.2) is 4.98 Å². The molecule has 0 N–H and O–H groups in total. The first-order chi connectivity index (χ1) is 8.20. The van der Waals surface area contributed by atoms with Gasteiger partial charge in [-0.15, -0.1) is 22.9 Å². The second kappa shape index (κ2) is 5.85. The van der Waals surface area contributed by atoms with Crippen molar-refractivity contribution >= 4 is 34.5 Å². The van der Waals surface area contributed by atoms with Crippen LogP contribution in [0.2, 0.25) is 5.02 Å². The number of thiazole rings is 1. The van der Waals surface area contributed by atoms with Gasteiger partial charge >= 0.3 is 0 Å². The summed E-state index contributed by atoms with van der Waals surface area (Å²) in [6.07, 6.45) is 3.65. The van der Waals surface area contributed by atoms with Gasteiger partial charge in [-0.1, -0.05) is 11.6 Å². The zero-order valence-corrected chi connectivity index (χ0v) is 11.8. The van der Waals surface area contributed by atoms with Gasteiger partial charge in [0.1, 0.15) is 0 Å². The molecular formula is C11H13Cl2N3S. The van der Waals surface area contributed by atoms with Crippen LogP contribution in [0.15, 0.2) is 11.6 Å². The van der Waals surface area contributed by atoms with Gasteiger partial charge in [0.2, 0.25) is 0 Å². The van der Waals surface area contributed by atoms with Crippen LogP contribution < -0.4 is 0 Å². The van der Waals surface area contributed by atoms with Crippen LogP contribution in [-0.2, 0) is 18.8 Å². The van der Waals surface area contributed by atoms with Gasteiger partial charge in [0.15, 0.2) is 0 Å². The molecule has 0 amide bonds. The van der Waals surface area contributed by atoms with Gasteiger partial charge in [0.25, 0.3) is 0 Å². The average Bonchev–Trinajstić information content (AvgIpc) is 2.90. The predicted molar refractivity (Wildman–Crippen MR) is 72.0 cm³/mol. The fourth-order valence-corrected chi connectivity index (χ4v) is 2.76. The molecule has 2 heterocycles. The number of halogens is 2. The lowest BCUT2D eigenvalue weighted by Gasteiger charge is -2.02. The molecule has 0 radical (unpaired) electrons. The molecule has 17 heavy (non-hydrogen) atoms. The van der Waals surface area contributed by atoms with Crippen LogP contribution in [0.25, 0.3) is 0 Å². The molecular weight excluding hydrogens is 277 g/mol. The summed E-state index contributed by atoms with van der Waals surface area (Å²) >= 11 is 13.3. The van der Waals surface area contributed by atoms with Crippen molar-refractivity contribution in [1.82, 2.24) is 14.8 Å². The molecule has 3 nitrogen and oxygen atoms in total. The summed E-state index contributed by atoms with van der Waals surface area (Å²) in [5, 5.41) is 8.09. The van der Waals surface area contributed by atoms with Crippen molar-refractivity contribution in [3.05, 3.63) is 33.0 Å². The molecule has 0 spiro atoms. The lowest BCUT2D eigenvalue weighted by atomic mass is 10.3. The van der Waals surface area contributed by atoms with Gasteiger partial charge in [0, 0.05) is 18.3 Å². The van der Waals surface area contributed by atoms with E-state index < -0.39 is 0 Å². The highest BCUT2D eigenvalue weighted by molar-refractivity contribution is 7.09. The van der Waals surface area contributed by atoms with E-state index in [9.17, 15) is 0 Å². The summed E-state index contributed by atoms with van der Waals surface area (Å²) in [6, 6.07) is 0. The van der Waals surface area contributed by atoms with E-state index in [2.05, 4.69) is 10.1 Å². The highest BCUT2D eigenvalue weighted by Gasteiger charge is 2.05. The van der Waals surface area contributed by atoms with Crippen molar-refractivity contribution in [3.63, 3.8) is 0 Å². The molecule has 0 bridgehead atoms. The summed E-state index contributed by atoms with van der Waals surface area (Å²) < 4.78 is 1.93. The Bertz CT molecular complexity index is 493. The Hall–Kier alpha value is -0.580. The first-order valence-corrected chi connectivity index (χ1v) is 7.17. The molecule has 0 fully saturated rings. The average molecular weight is 290 g/mol. The van der Waals surface area contributed by atoms with Crippen LogP contribution in [0.4, 0.5) is 0 Å². The van der Waals surface area contributed by atoms with E-state index in [0.29, 0.717) is 5.88 Å². The topological polar surface area (TPSA) is 30.7 Å². The van der Waals surface area contributed by atoms with Crippen LogP contribution in [-0.4, -0.2) is 14.8 Å². The third-order valence-corrected chi connectivity index (χ3v) is 4.14. The molecule has 0 atom stereocenters. The number of hydrogen-bond donors (Lipinski definition) is 0. The summed E-state index contributed by atoms with van der Waals surface area (Å²) in [6.45, 7) is 2.85. The monoisotopic (exact) mass is 289 g/mol. The minimum absolute atomic E-state index is 0.490. The van der Waals surface area contributed by atoms with E-state index in [-0.39, 0.29) is 0 Å². The fraction of sp³-hybridized carbons (Fsp3) is 0.455. The first kappa shape index (κ1) is 12.9. The number of alkyl halides is 1.